The highest BCUT2D eigenvalue weighted by Crippen LogP contribution is 2.50. The fourth-order valence-corrected chi connectivity index (χ4v) is 4.60. The molecular weight excluding hydrogens is 483 g/mol. The van der Waals surface area contributed by atoms with Crippen molar-refractivity contribution in [2.24, 2.45) is 0 Å². The molecule has 1 atom stereocenters. The van der Waals surface area contributed by atoms with Crippen LogP contribution in [0.25, 0.3) is 11.1 Å². The number of thioether (sulfide) groups is 1. The second-order valence-electron chi connectivity index (χ2n) is 6.13. The van der Waals surface area contributed by atoms with E-state index >= 15 is 0 Å². The lowest BCUT2D eigenvalue weighted by Gasteiger charge is -2.14. The third-order valence-electron chi connectivity index (χ3n) is 3.96. The molecule has 3 rings (SSSR count). The Morgan fingerprint density at radius 2 is 1.76 bits per heavy atom. The predicted molar refractivity (Wildman–Crippen MR) is 115 cm³/mol. The van der Waals surface area contributed by atoms with Gasteiger partial charge in [-0.25, -0.2) is 4.57 Å². The molecule has 0 aliphatic heterocycles. The average Bonchev–Trinajstić information content (AvgIpc) is 2.71. The molecule has 1 heterocycles. The molecule has 0 saturated carbocycles. The number of aromatic nitrogens is 1. The predicted octanol–water partition coefficient (Wildman–Crippen LogP) is 6.73. The number of pyridine rings is 1. The Morgan fingerprint density at radius 3 is 2.38 bits per heavy atom. The number of alkyl halides is 2. The molecular formula is C20H17BrF2NO3PS. The van der Waals surface area contributed by atoms with Crippen molar-refractivity contribution in [3.05, 3.63) is 82.6 Å². The zero-order valence-electron chi connectivity index (χ0n) is 15.0. The van der Waals surface area contributed by atoms with Gasteiger partial charge in [-0.15, -0.1) is 0 Å². The van der Waals surface area contributed by atoms with E-state index in [2.05, 4.69) is 49.7 Å². The van der Waals surface area contributed by atoms with Crippen molar-refractivity contribution >= 4 is 35.3 Å². The summed E-state index contributed by atoms with van der Waals surface area (Å²) < 4.78 is 41.2. The summed E-state index contributed by atoms with van der Waals surface area (Å²) >= 11 is 4.89. The van der Waals surface area contributed by atoms with Crippen LogP contribution in [0.4, 0.5) is 8.78 Å². The van der Waals surface area contributed by atoms with E-state index in [1.54, 1.807) is 30.1 Å². The molecule has 2 aromatic carbocycles. The van der Waals surface area contributed by atoms with Gasteiger partial charge in [0.1, 0.15) is 5.75 Å². The number of hydrogen-bond donors (Lipinski definition) is 1. The van der Waals surface area contributed by atoms with Crippen LogP contribution >= 0.6 is 35.3 Å². The third-order valence-corrected chi connectivity index (χ3v) is 6.60. The van der Waals surface area contributed by atoms with Crippen LogP contribution in [0.2, 0.25) is 0 Å². The minimum atomic E-state index is -4.99. The smallest absolute Gasteiger partial charge is 0.420 e. The molecule has 9 heteroatoms. The zero-order chi connectivity index (χ0) is 20.9. The molecule has 0 fully saturated rings. The van der Waals surface area contributed by atoms with Crippen molar-refractivity contribution in [1.82, 2.24) is 4.98 Å². The highest BCUT2D eigenvalue weighted by atomic mass is 79.9. The maximum Gasteiger partial charge on any atom is 0.442 e. The summed E-state index contributed by atoms with van der Waals surface area (Å²) in [5.74, 6) is 1.41. The SMILES string of the molecule is O=P(O)(Oc1ccc(CSCc2ccc(-c3cccnc3)cc2)cc1Br)C(F)F. The topological polar surface area (TPSA) is 59.4 Å². The van der Waals surface area contributed by atoms with Gasteiger partial charge >= 0.3 is 13.8 Å². The van der Waals surface area contributed by atoms with Crippen LogP contribution in [0, 0.1) is 0 Å². The summed E-state index contributed by atoms with van der Waals surface area (Å²) in [4.78, 5) is 13.3. The van der Waals surface area contributed by atoms with Crippen LogP contribution in [0.3, 0.4) is 0 Å². The number of halogens is 3. The van der Waals surface area contributed by atoms with Crippen molar-refractivity contribution < 1.29 is 22.8 Å². The summed E-state index contributed by atoms with van der Waals surface area (Å²) in [5.41, 5.74) is 4.29. The molecule has 0 aliphatic carbocycles. The van der Waals surface area contributed by atoms with Crippen LogP contribution in [-0.4, -0.2) is 16.0 Å². The van der Waals surface area contributed by atoms with Gasteiger partial charge in [-0.05, 0) is 56.4 Å². The molecule has 0 aliphatic rings. The first-order chi connectivity index (χ1) is 13.8. The molecule has 0 bridgehead atoms. The van der Waals surface area contributed by atoms with Gasteiger partial charge in [0.15, 0.2) is 0 Å². The minimum Gasteiger partial charge on any atom is -0.420 e. The lowest BCUT2D eigenvalue weighted by atomic mass is 10.1. The minimum absolute atomic E-state index is 0.0872. The Hall–Kier alpha value is -1.73. The lowest BCUT2D eigenvalue weighted by molar-refractivity contribution is 0.188. The summed E-state index contributed by atoms with van der Waals surface area (Å²) in [6.45, 7) is 0. The van der Waals surface area contributed by atoms with Gasteiger partial charge in [-0.3, -0.25) is 4.98 Å². The Morgan fingerprint density at radius 1 is 1.07 bits per heavy atom. The second kappa shape index (κ2) is 9.85. The van der Waals surface area contributed by atoms with Crippen LogP contribution in [0.5, 0.6) is 5.75 Å². The van der Waals surface area contributed by atoms with Crippen LogP contribution < -0.4 is 4.52 Å². The lowest BCUT2D eigenvalue weighted by Crippen LogP contribution is -2.01. The fraction of sp³-hybridized carbons (Fsp3) is 0.150. The summed E-state index contributed by atoms with van der Waals surface area (Å²) in [6, 6.07) is 17.0. The summed E-state index contributed by atoms with van der Waals surface area (Å²) in [6.07, 6.45) is 0.118. The Kier molecular flexibility index (Phi) is 7.46. The molecule has 1 unspecified atom stereocenters. The number of benzene rings is 2. The zero-order valence-corrected chi connectivity index (χ0v) is 18.3. The van der Waals surface area contributed by atoms with Crippen LogP contribution in [0.15, 0.2) is 71.5 Å². The van der Waals surface area contributed by atoms with E-state index in [-0.39, 0.29) is 5.75 Å². The van der Waals surface area contributed by atoms with Crippen molar-refractivity contribution in [3.63, 3.8) is 0 Å². The van der Waals surface area contributed by atoms with E-state index in [1.165, 1.54) is 11.6 Å². The largest absolute Gasteiger partial charge is 0.442 e. The maximum atomic E-state index is 12.5. The number of rotatable bonds is 8. The Labute approximate surface area is 180 Å². The summed E-state index contributed by atoms with van der Waals surface area (Å²) in [5, 5.41) is 0. The van der Waals surface area contributed by atoms with Gasteiger partial charge < -0.3 is 9.42 Å². The van der Waals surface area contributed by atoms with E-state index in [4.69, 9.17) is 4.89 Å². The highest BCUT2D eigenvalue weighted by Gasteiger charge is 2.34. The first-order valence-corrected chi connectivity index (χ1v) is 12.1. The third kappa shape index (κ3) is 6.12. The monoisotopic (exact) mass is 499 g/mol. The fourth-order valence-electron chi connectivity index (χ4n) is 2.50. The van der Waals surface area contributed by atoms with Crippen molar-refractivity contribution in [2.75, 3.05) is 0 Å². The molecule has 3 aromatic rings. The van der Waals surface area contributed by atoms with Crippen molar-refractivity contribution in [3.8, 4) is 16.9 Å². The van der Waals surface area contributed by atoms with Gasteiger partial charge in [-0.1, -0.05) is 36.4 Å². The van der Waals surface area contributed by atoms with Gasteiger partial charge in [0, 0.05) is 23.9 Å². The van der Waals surface area contributed by atoms with Gasteiger partial charge in [0.05, 0.1) is 4.47 Å². The quantitative estimate of drug-likeness (QED) is 0.348. The van der Waals surface area contributed by atoms with Crippen molar-refractivity contribution in [2.45, 2.75) is 17.7 Å². The Balaban J connectivity index is 1.55. The normalized spacial score (nSPS) is 13.3. The van der Waals surface area contributed by atoms with Crippen molar-refractivity contribution in [1.29, 1.82) is 0 Å². The first-order valence-electron chi connectivity index (χ1n) is 8.51. The van der Waals surface area contributed by atoms with E-state index in [0.717, 1.165) is 22.4 Å². The number of nitrogens with zero attached hydrogens (tertiary/aromatic N) is 1. The standard InChI is InChI=1S/C20H17BrF2NO3PS/c21-18-10-15(5-8-19(18)27-28(25,26)20(22)23)13-29-12-14-3-6-16(7-4-14)17-2-1-9-24-11-17/h1-11,20H,12-13H2,(H,25,26). The molecule has 1 aromatic heterocycles. The molecule has 29 heavy (non-hydrogen) atoms. The molecule has 0 spiro atoms. The Bertz CT molecular complexity index is 1010. The van der Waals surface area contributed by atoms with Crippen LogP contribution in [0.1, 0.15) is 11.1 Å². The highest BCUT2D eigenvalue weighted by molar-refractivity contribution is 9.10. The van der Waals surface area contributed by atoms with Gasteiger partial charge in [0.2, 0.25) is 0 Å². The van der Waals surface area contributed by atoms with E-state index < -0.39 is 13.8 Å². The van der Waals surface area contributed by atoms with E-state index in [9.17, 15) is 13.3 Å². The van der Waals surface area contributed by atoms with E-state index in [1.807, 2.05) is 18.3 Å². The van der Waals surface area contributed by atoms with Gasteiger partial charge in [-0.2, -0.15) is 20.5 Å². The van der Waals surface area contributed by atoms with Crippen LogP contribution in [-0.2, 0) is 16.1 Å². The van der Waals surface area contributed by atoms with Gasteiger partial charge in [0.25, 0.3) is 0 Å². The number of hydrogen-bond acceptors (Lipinski definition) is 4. The maximum absolute atomic E-state index is 12.5. The van der Waals surface area contributed by atoms with E-state index in [0.29, 0.717) is 10.2 Å². The molecule has 0 saturated heterocycles. The molecule has 0 radical (unpaired) electrons. The molecule has 152 valence electrons. The average molecular weight is 500 g/mol. The second-order valence-corrected chi connectivity index (χ2v) is 9.67. The molecule has 1 N–H and O–H groups in total. The summed E-state index contributed by atoms with van der Waals surface area (Å²) in [7, 11) is -4.99. The molecule has 4 nitrogen and oxygen atoms in total. The molecule has 0 amide bonds. The first kappa shape index (κ1) is 22.0.